The molecule has 0 fully saturated rings. The van der Waals surface area contributed by atoms with Crippen molar-refractivity contribution in [2.24, 2.45) is 12.0 Å². The molecular weight excluding hydrogens is 410 g/mol. The van der Waals surface area contributed by atoms with Gasteiger partial charge in [-0.1, -0.05) is 18.2 Å². The van der Waals surface area contributed by atoms with Gasteiger partial charge < -0.3 is 20.1 Å². The van der Waals surface area contributed by atoms with Crippen molar-refractivity contribution in [3.8, 4) is 0 Å². The van der Waals surface area contributed by atoms with E-state index >= 15 is 0 Å². The normalized spacial score (nSPS) is 11.4. The molecule has 1 amide bonds. The lowest BCUT2D eigenvalue weighted by Crippen LogP contribution is -2.38. The summed E-state index contributed by atoms with van der Waals surface area (Å²) in [6.45, 7) is 3.73. The number of aryl methyl sites for hydroxylation is 1. The molecule has 0 bridgehead atoms. The Morgan fingerprint density at radius 2 is 1.94 bits per heavy atom. The molecule has 164 valence electrons. The van der Waals surface area contributed by atoms with Gasteiger partial charge in [0.1, 0.15) is 5.82 Å². The van der Waals surface area contributed by atoms with Gasteiger partial charge in [0.15, 0.2) is 11.8 Å². The van der Waals surface area contributed by atoms with Crippen molar-refractivity contribution in [1.82, 2.24) is 30.3 Å². The number of nitrogens with zero attached hydrogens (tertiary/aromatic N) is 5. The Labute approximate surface area is 187 Å². The van der Waals surface area contributed by atoms with Gasteiger partial charge >= 0.3 is 0 Å². The fourth-order valence-electron chi connectivity index (χ4n) is 2.88. The van der Waals surface area contributed by atoms with Gasteiger partial charge in [-0.3, -0.25) is 4.79 Å². The molecule has 2 N–H and O–H groups in total. The minimum absolute atomic E-state index is 0.00776. The van der Waals surface area contributed by atoms with E-state index < -0.39 is 0 Å². The number of aromatic nitrogens is 3. The van der Waals surface area contributed by atoms with Crippen molar-refractivity contribution in [2.75, 3.05) is 20.6 Å². The maximum atomic E-state index is 12.1. The lowest BCUT2D eigenvalue weighted by atomic mass is 10.1. The standard InChI is InChI=1S/C22H29N7OS/c1-16-26-27-20(29(16)4)15-25-22(23-12-11-19-6-5-13-31-19)24-14-17-7-9-18(10-8-17)21(30)28(2)3/h5-10,13H,11-12,14-15H2,1-4H3,(H2,23,24,25). The van der Waals surface area contributed by atoms with E-state index in [0.717, 1.165) is 30.2 Å². The number of carbonyl (C=O) groups excluding carboxylic acids is 1. The van der Waals surface area contributed by atoms with Crippen LogP contribution in [-0.4, -0.2) is 52.2 Å². The predicted octanol–water partition coefficient (Wildman–Crippen LogP) is 2.36. The number of carbonyl (C=O) groups is 1. The second-order valence-corrected chi connectivity index (χ2v) is 8.43. The Kier molecular flexibility index (Phi) is 7.77. The fraction of sp³-hybridized carbons (Fsp3) is 0.364. The van der Waals surface area contributed by atoms with E-state index in [9.17, 15) is 4.79 Å². The molecule has 0 radical (unpaired) electrons. The third-order valence-corrected chi connectivity index (χ3v) is 5.80. The van der Waals surface area contributed by atoms with Crippen LogP contribution in [0.2, 0.25) is 0 Å². The van der Waals surface area contributed by atoms with Crippen molar-refractivity contribution in [2.45, 2.75) is 26.4 Å². The van der Waals surface area contributed by atoms with E-state index in [0.29, 0.717) is 24.6 Å². The monoisotopic (exact) mass is 439 g/mol. The number of nitrogens with one attached hydrogen (secondary N) is 2. The molecule has 3 rings (SSSR count). The quantitative estimate of drug-likeness (QED) is 0.416. The zero-order valence-corrected chi connectivity index (χ0v) is 19.2. The first-order chi connectivity index (χ1) is 14.9. The molecule has 0 spiro atoms. The molecule has 0 saturated carbocycles. The van der Waals surface area contributed by atoms with E-state index in [1.807, 2.05) is 42.8 Å². The van der Waals surface area contributed by atoms with E-state index in [-0.39, 0.29) is 5.91 Å². The summed E-state index contributed by atoms with van der Waals surface area (Å²) in [5.41, 5.74) is 1.70. The van der Waals surface area contributed by atoms with E-state index in [2.05, 4.69) is 38.3 Å². The topological polar surface area (TPSA) is 87.4 Å². The Balaban J connectivity index is 1.64. The van der Waals surface area contributed by atoms with E-state index in [4.69, 9.17) is 4.99 Å². The van der Waals surface area contributed by atoms with Crippen LogP contribution < -0.4 is 10.6 Å². The van der Waals surface area contributed by atoms with Crippen LogP contribution in [0.4, 0.5) is 0 Å². The summed E-state index contributed by atoms with van der Waals surface area (Å²) in [5.74, 6) is 2.42. The van der Waals surface area contributed by atoms with Gasteiger partial charge in [0.25, 0.3) is 5.91 Å². The minimum atomic E-state index is -0.00776. The number of rotatable bonds is 8. The average molecular weight is 440 g/mol. The van der Waals surface area contributed by atoms with Crippen LogP contribution in [0.1, 0.15) is 32.4 Å². The van der Waals surface area contributed by atoms with Crippen LogP contribution in [0, 0.1) is 6.92 Å². The number of benzene rings is 1. The Morgan fingerprint density at radius 1 is 1.16 bits per heavy atom. The summed E-state index contributed by atoms with van der Waals surface area (Å²) in [5, 5.41) is 17.1. The van der Waals surface area contributed by atoms with Crippen molar-refractivity contribution >= 4 is 23.2 Å². The zero-order chi connectivity index (χ0) is 22.2. The Hall–Kier alpha value is -3.20. The number of aliphatic imine (C=N–C) groups is 1. The second kappa shape index (κ2) is 10.7. The lowest BCUT2D eigenvalue weighted by molar-refractivity contribution is 0.0827. The summed E-state index contributed by atoms with van der Waals surface area (Å²) in [7, 11) is 5.45. The van der Waals surface area contributed by atoms with E-state index in [1.165, 1.54) is 4.88 Å². The number of amides is 1. The van der Waals surface area contributed by atoms with Gasteiger partial charge in [-0.25, -0.2) is 4.99 Å². The number of hydrogen-bond donors (Lipinski definition) is 2. The molecule has 8 nitrogen and oxygen atoms in total. The molecule has 1 aromatic carbocycles. The molecule has 31 heavy (non-hydrogen) atoms. The van der Waals surface area contributed by atoms with Gasteiger partial charge in [-0.05, 0) is 42.5 Å². The highest BCUT2D eigenvalue weighted by molar-refractivity contribution is 7.09. The highest BCUT2D eigenvalue weighted by Crippen LogP contribution is 2.09. The third kappa shape index (κ3) is 6.39. The lowest BCUT2D eigenvalue weighted by Gasteiger charge is -2.13. The summed E-state index contributed by atoms with van der Waals surface area (Å²) in [4.78, 5) is 19.7. The van der Waals surface area contributed by atoms with Gasteiger partial charge in [0.2, 0.25) is 0 Å². The van der Waals surface area contributed by atoms with Crippen LogP contribution in [0.15, 0.2) is 46.8 Å². The fourth-order valence-corrected chi connectivity index (χ4v) is 3.59. The molecule has 9 heteroatoms. The van der Waals surface area contributed by atoms with Crippen molar-refractivity contribution in [3.05, 3.63) is 69.4 Å². The number of guanidine groups is 1. The highest BCUT2D eigenvalue weighted by Gasteiger charge is 2.08. The molecule has 2 heterocycles. The van der Waals surface area contributed by atoms with Gasteiger partial charge in [0, 0.05) is 38.1 Å². The SMILES string of the molecule is Cc1nnc(CNC(=NCc2ccc(C(=O)N(C)C)cc2)NCCc2cccs2)n1C. The number of thiophene rings is 1. The molecule has 0 aliphatic heterocycles. The van der Waals surface area contributed by atoms with Gasteiger partial charge in [0.05, 0.1) is 13.1 Å². The molecule has 0 aliphatic rings. The third-order valence-electron chi connectivity index (χ3n) is 4.87. The molecular formula is C22H29N7OS. The largest absolute Gasteiger partial charge is 0.356 e. The molecule has 3 aromatic rings. The zero-order valence-electron chi connectivity index (χ0n) is 18.4. The summed E-state index contributed by atoms with van der Waals surface area (Å²) < 4.78 is 1.96. The van der Waals surface area contributed by atoms with E-state index in [1.54, 1.807) is 30.3 Å². The molecule has 0 aliphatic carbocycles. The minimum Gasteiger partial charge on any atom is -0.356 e. The van der Waals surface area contributed by atoms with Crippen LogP contribution >= 0.6 is 11.3 Å². The van der Waals surface area contributed by atoms with Crippen molar-refractivity contribution in [3.63, 3.8) is 0 Å². The van der Waals surface area contributed by atoms with Crippen LogP contribution in [-0.2, 0) is 26.6 Å². The molecule has 0 saturated heterocycles. The maximum absolute atomic E-state index is 12.1. The summed E-state index contributed by atoms with van der Waals surface area (Å²) in [6.07, 6.45) is 0.933. The first kappa shape index (κ1) is 22.5. The highest BCUT2D eigenvalue weighted by atomic mass is 32.1. The first-order valence-electron chi connectivity index (χ1n) is 10.1. The smallest absolute Gasteiger partial charge is 0.253 e. The molecule has 0 atom stereocenters. The predicted molar refractivity (Wildman–Crippen MR) is 124 cm³/mol. The van der Waals surface area contributed by atoms with Crippen molar-refractivity contribution in [1.29, 1.82) is 0 Å². The van der Waals surface area contributed by atoms with Crippen molar-refractivity contribution < 1.29 is 4.79 Å². The average Bonchev–Trinajstić information content (AvgIpc) is 3.40. The van der Waals surface area contributed by atoms with Crippen LogP contribution in [0.25, 0.3) is 0 Å². The second-order valence-electron chi connectivity index (χ2n) is 7.39. The van der Waals surface area contributed by atoms with Gasteiger partial charge in [-0.15, -0.1) is 21.5 Å². The molecule has 2 aromatic heterocycles. The summed E-state index contributed by atoms with van der Waals surface area (Å²) >= 11 is 1.75. The number of hydrogen-bond acceptors (Lipinski definition) is 5. The first-order valence-corrected chi connectivity index (χ1v) is 11.0. The summed E-state index contributed by atoms with van der Waals surface area (Å²) in [6, 6.07) is 11.8. The van der Waals surface area contributed by atoms with Gasteiger partial charge in [-0.2, -0.15) is 0 Å². The molecule has 0 unspecified atom stereocenters. The van der Waals surface area contributed by atoms with Crippen LogP contribution in [0.5, 0.6) is 0 Å². The Bertz CT molecular complexity index is 1010. The Morgan fingerprint density at radius 3 is 2.55 bits per heavy atom. The van der Waals surface area contributed by atoms with Crippen LogP contribution in [0.3, 0.4) is 0 Å². The maximum Gasteiger partial charge on any atom is 0.253 e.